The van der Waals surface area contributed by atoms with Crippen molar-refractivity contribution in [1.29, 1.82) is 0 Å². The van der Waals surface area contributed by atoms with Crippen molar-refractivity contribution in [2.75, 3.05) is 20.8 Å². The van der Waals surface area contributed by atoms with Crippen LogP contribution in [0.3, 0.4) is 0 Å². The molecule has 0 bridgehead atoms. The van der Waals surface area contributed by atoms with Crippen molar-refractivity contribution >= 4 is 35.3 Å². The van der Waals surface area contributed by atoms with Gasteiger partial charge in [0.05, 0.1) is 37.9 Å². The number of methoxy groups -OCH3 is 2. The molecule has 12 heteroatoms. The zero-order valence-electron chi connectivity index (χ0n) is 32.7. The first kappa shape index (κ1) is 44.8. The van der Waals surface area contributed by atoms with Crippen LogP contribution < -0.4 is 25.4 Å². The lowest BCUT2D eigenvalue weighted by atomic mass is 9.82. The van der Waals surface area contributed by atoms with Crippen LogP contribution in [0.25, 0.3) is 0 Å². The summed E-state index contributed by atoms with van der Waals surface area (Å²) in [5.41, 5.74) is 0.130. The van der Waals surface area contributed by atoms with Crippen molar-refractivity contribution in [1.82, 2.24) is 16.0 Å². The van der Waals surface area contributed by atoms with Crippen molar-refractivity contribution in [3.8, 4) is 11.5 Å². The summed E-state index contributed by atoms with van der Waals surface area (Å²) in [5.74, 6) is -1.01. The van der Waals surface area contributed by atoms with Gasteiger partial charge >= 0.3 is 5.97 Å². The maximum atomic E-state index is 13.9. The Morgan fingerprint density at radius 2 is 1.51 bits per heavy atom. The molecule has 0 unspecified atom stereocenters. The summed E-state index contributed by atoms with van der Waals surface area (Å²) in [4.78, 5) is 53.6. The van der Waals surface area contributed by atoms with Gasteiger partial charge in [0.25, 0.3) is 0 Å². The molecule has 3 N–H and O–H groups in total. The number of carbonyl (C=O) groups excluding carboxylic acids is 4. The van der Waals surface area contributed by atoms with Gasteiger partial charge in [0.1, 0.15) is 29.7 Å². The number of esters is 1. The minimum absolute atomic E-state index is 0.116. The van der Waals surface area contributed by atoms with E-state index in [-0.39, 0.29) is 17.8 Å². The Hall–Kier alpha value is -4.35. The Labute approximate surface area is 320 Å². The summed E-state index contributed by atoms with van der Waals surface area (Å²) in [7, 11) is 3.11. The van der Waals surface area contributed by atoms with Crippen LogP contribution >= 0.6 is 11.6 Å². The summed E-state index contributed by atoms with van der Waals surface area (Å²) >= 11 is 6.30. The first-order valence-electron chi connectivity index (χ1n) is 17.7. The zero-order valence-corrected chi connectivity index (χ0v) is 33.4. The van der Waals surface area contributed by atoms with E-state index in [1.54, 1.807) is 52.2 Å². The van der Waals surface area contributed by atoms with E-state index in [2.05, 4.69) is 29.1 Å². The van der Waals surface area contributed by atoms with Gasteiger partial charge in [0.15, 0.2) is 0 Å². The normalized spacial score (nSPS) is 14.4. The largest absolute Gasteiger partial charge is 0.497 e. The van der Waals surface area contributed by atoms with E-state index in [1.165, 1.54) is 7.11 Å². The lowest BCUT2D eigenvalue weighted by molar-refractivity contribution is -0.158. The van der Waals surface area contributed by atoms with Gasteiger partial charge < -0.3 is 34.9 Å². The Bertz CT molecular complexity index is 1550. The van der Waals surface area contributed by atoms with Crippen molar-refractivity contribution in [3.63, 3.8) is 0 Å². The first-order valence-corrected chi connectivity index (χ1v) is 18.1. The molecule has 0 heterocycles. The van der Waals surface area contributed by atoms with Crippen LogP contribution in [-0.2, 0) is 41.7 Å². The molecular weight excluding hydrogens is 698 g/mol. The Kier molecular flexibility index (Phi) is 17.6. The molecule has 0 saturated heterocycles. The second-order valence-electron chi connectivity index (χ2n) is 15.0. The molecule has 3 amide bonds. The molecule has 292 valence electrons. The Morgan fingerprint density at radius 3 is 2.06 bits per heavy atom. The van der Waals surface area contributed by atoms with Crippen LogP contribution in [-0.4, -0.2) is 68.7 Å². The number of nitrogens with one attached hydrogen (secondary N) is 3. The highest BCUT2D eigenvalue weighted by Crippen LogP contribution is 2.28. The number of hydrogen-bond acceptors (Lipinski definition) is 8. The van der Waals surface area contributed by atoms with Gasteiger partial charge in [-0.15, -0.1) is 6.58 Å². The molecule has 0 fully saturated rings. The third-order valence-electron chi connectivity index (χ3n) is 9.02. The number of benzene rings is 2. The third-order valence-corrected chi connectivity index (χ3v) is 9.31. The van der Waals surface area contributed by atoms with Crippen LogP contribution in [0.4, 0.5) is 0 Å². The van der Waals surface area contributed by atoms with E-state index in [4.69, 9.17) is 30.5 Å². The molecule has 0 aliphatic carbocycles. The highest BCUT2D eigenvalue weighted by Gasteiger charge is 2.40. The minimum atomic E-state index is -1.19. The fraction of sp³-hybridized carbons (Fsp3) is 0.512. The summed E-state index contributed by atoms with van der Waals surface area (Å²) < 4.78 is 22.4. The summed E-state index contributed by atoms with van der Waals surface area (Å²) in [6, 6.07) is 9.98. The number of hydrogen-bond donors (Lipinski definition) is 3. The van der Waals surface area contributed by atoms with E-state index >= 15 is 0 Å². The first-order chi connectivity index (χ1) is 24.8. The van der Waals surface area contributed by atoms with Crippen molar-refractivity contribution in [2.24, 2.45) is 16.7 Å². The number of amides is 3. The van der Waals surface area contributed by atoms with Crippen molar-refractivity contribution < 1.29 is 38.1 Å². The molecule has 0 saturated carbocycles. The second kappa shape index (κ2) is 20.8. The van der Waals surface area contributed by atoms with E-state index in [0.717, 1.165) is 17.4 Å². The van der Waals surface area contributed by atoms with Crippen molar-refractivity contribution in [2.45, 2.75) is 98.6 Å². The second-order valence-corrected chi connectivity index (χ2v) is 15.4. The van der Waals surface area contributed by atoms with Gasteiger partial charge in [-0.1, -0.05) is 70.1 Å². The molecule has 2 aromatic carbocycles. The average molecular weight is 756 g/mol. The minimum Gasteiger partial charge on any atom is -0.497 e. The maximum Gasteiger partial charge on any atom is 0.328 e. The van der Waals surface area contributed by atoms with Gasteiger partial charge in [-0.2, -0.15) is 0 Å². The smallest absolute Gasteiger partial charge is 0.328 e. The number of carbonyl (C=O) groups is 4. The van der Waals surface area contributed by atoms with Crippen LogP contribution in [0, 0.1) is 16.7 Å². The van der Waals surface area contributed by atoms with E-state index < -0.39 is 53.3 Å². The molecule has 0 spiro atoms. The number of halogens is 1. The molecule has 53 heavy (non-hydrogen) atoms. The Morgan fingerprint density at radius 1 is 0.868 bits per heavy atom. The molecule has 5 atom stereocenters. The van der Waals surface area contributed by atoms with E-state index in [1.807, 2.05) is 52.0 Å². The summed E-state index contributed by atoms with van der Waals surface area (Å²) in [6.45, 7) is 20.9. The van der Waals surface area contributed by atoms with E-state index in [9.17, 15) is 19.2 Å². The topological polar surface area (TPSA) is 141 Å². The molecule has 0 aliphatic heterocycles. The molecule has 0 radical (unpaired) electrons. The molecule has 0 aromatic heterocycles. The monoisotopic (exact) mass is 755 g/mol. The fourth-order valence-corrected chi connectivity index (χ4v) is 5.62. The molecule has 11 nitrogen and oxygen atoms in total. The quantitative estimate of drug-likeness (QED) is 0.0760. The van der Waals surface area contributed by atoms with Gasteiger partial charge in [-0.3, -0.25) is 14.4 Å². The fourth-order valence-electron chi connectivity index (χ4n) is 5.34. The zero-order chi connectivity index (χ0) is 39.9. The van der Waals surface area contributed by atoms with Crippen LogP contribution in [0.15, 0.2) is 67.8 Å². The van der Waals surface area contributed by atoms with Crippen LogP contribution in [0.1, 0.15) is 72.4 Å². The Balaban J connectivity index is 2.16. The standard InChI is InChI=1S/C41H58ClN3O8/c1-12-14-34(26(3)24-52-25-28-15-18-30(50-10)19-16-28)53-38(48)33(23-40(5,6)7)45-39(49)41(8,9)27(4)43-37(47)32(44-36(46)13-2)22-29-17-20-35(51-11)31(42)21-29/h12-13,15-21,26-27,32-34H,1-2,14,22-25H2,3-11H3,(H,43,47)(H,44,46)(H,45,49)/t26-,27+,32-,33+,34+/m1/s1. The lowest BCUT2D eigenvalue weighted by Crippen LogP contribution is -2.58. The number of rotatable bonds is 21. The van der Waals surface area contributed by atoms with Gasteiger partial charge in [0, 0.05) is 24.8 Å². The number of ether oxygens (including phenoxy) is 4. The van der Waals surface area contributed by atoms with Gasteiger partial charge in [-0.05, 0) is 74.1 Å². The van der Waals surface area contributed by atoms with Gasteiger partial charge in [0.2, 0.25) is 17.7 Å². The average Bonchev–Trinajstić information content (AvgIpc) is 3.10. The third kappa shape index (κ3) is 14.5. The van der Waals surface area contributed by atoms with Crippen LogP contribution in [0.2, 0.25) is 5.02 Å². The van der Waals surface area contributed by atoms with E-state index in [0.29, 0.717) is 42.4 Å². The molecular formula is C41H58ClN3O8. The predicted octanol–water partition coefficient (Wildman–Crippen LogP) is 6.36. The highest BCUT2D eigenvalue weighted by atomic mass is 35.5. The maximum absolute atomic E-state index is 13.9. The lowest BCUT2D eigenvalue weighted by Gasteiger charge is -2.35. The highest BCUT2D eigenvalue weighted by molar-refractivity contribution is 6.32. The molecule has 2 aromatic rings. The van der Waals surface area contributed by atoms with Crippen LogP contribution in [0.5, 0.6) is 11.5 Å². The summed E-state index contributed by atoms with van der Waals surface area (Å²) in [6.07, 6.45) is 3.05. The van der Waals surface area contributed by atoms with Gasteiger partial charge in [-0.25, -0.2) is 4.79 Å². The predicted molar refractivity (Wildman–Crippen MR) is 208 cm³/mol. The summed E-state index contributed by atoms with van der Waals surface area (Å²) in [5, 5.41) is 8.82. The molecule has 0 aliphatic rings. The molecule has 2 rings (SSSR count). The van der Waals surface area contributed by atoms with Crippen molar-refractivity contribution in [3.05, 3.63) is 83.9 Å². The SMILES string of the molecule is C=CC[C@H](OC(=O)[C@H](CC(C)(C)C)NC(=O)C(C)(C)[C@H](C)NC(=O)[C@@H](Cc1ccc(OC)c(Cl)c1)NC(=O)C=C)[C@H](C)COCc1ccc(OC)cc1.